The average molecular weight is 474 g/mol. The van der Waals surface area contributed by atoms with Crippen molar-refractivity contribution in [3.05, 3.63) is 88.5 Å². The van der Waals surface area contributed by atoms with Crippen LogP contribution < -0.4 is 9.80 Å². The van der Waals surface area contributed by atoms with E-state index in [2.05, 4.69) is 15.9 Å². The molecule has 1 aliphatic rings. The summed E-state index contributed by atoms with van der Waals surface area (Å²) >= 11 is 0. The number of carbonyl (C=O) groups is 2. The number of terminal acetylenes is 1. The molecule has 35 heavy (non-hydrogen) atoms. The predicted molar refractivity (Wildman–Crippen MR) is 123 cm³/mol. The molecule has 8 nitrogen and oxygen atoms in total. The number of nitrogens with zero attached hydrogens (tertiary/aromatic N) is 3. The normalized spacial score (nSPS) is 16.9. The van der Waals surface area contributed by atoms with E-state index in [-0.39, 0.29) is 39.4 Å². The molecule has 1 atom stereocenters. The zero-order chi connectivity index (χ0) is 25.1. The molecule has 0 saturated carbocycles. The van der Waals surface area contributed by atoms with Crippen molar-refractivity contribution in [2.75, 3.05) is 16.8 Å². The van der Waals surface area contributed by atoms with Crippen LogP contribution in [0.4, 0.5) is 25.2 Å². The van der Waals surface area contributed by atoms with E-state index < -0.39 is 29.4 Å². The number of rotatable bonds is 3. The maximum absolute atomic E-state index is 15.3. The third-order valence-corrected chi connectivity index (χ3v) is 5.97. The van der Waals surface area contributed by atoms with Crippen molar-refractivity contribution in [2.45, 2.75) is 5.72 Å². The highest BCUT2D eigenvalue weighted by atomic mass is 19.1. The second-order valence-electron chi connectivity index (χ2n) is 7.89. The van der Waals surface area contributed by atoms with Gasteiger partial charge in [-0.25, -0.2) is 18.6 Å². The second kappa shape index (κ2) is 7.65. The molecule has 2 heterocycles. The Morgan fingerprint density at radius 2 is 1.94 bits per heavy atom. The van der Waals surface area contributed by atoms with Crippen LogP contribution in [0.2, 0.25) is 0 Å². The topological polar surface area (TPSA) is 110 Å². The number of hydrogen-bond acceptors (Lipinski definition) is 4. The molecule has 1 aliphatic heterocycles. The van der Waals surface area contributed by atoms with Crippen LogP contribution >= 0.6 is 0 Å². The molecule has 174 valence electrons. The van der Waals surface area contributed by atoms with Gasteiger partial charge in [0.2, 0.25) is 11.7 Å². The molecule has 0 radical (unpaired) electrons. The Labute approximate surface area is 197 Å². The van der Waals surface area contributed by atoms with Crippen LogP contribution in [-0.2, 0) is 5.72 Å². The number of hydrogen-bond donors (Lipinski definition) is 3. The van der Waals surface area contributed by atoms with E-state index in [0.29, 0.717) is 5.52 Å². The Balaban J connectivity index is 1.77. The summed E-state index contributed by atoms with van der Waals surface area (Å²) in [6, 6.07) is 12.0. The first kappa shape index (κ1) is 22.1. The van der Waals surface area contributed by atoms with Gasteiger partial charge in [0, 0.05) is 12.6 Å². The van der Waals surface area contributed by atoms with Gasteiger partial charge in [-0.05, 0) is 36.4 Å². The first-order valence-electron chi connectivity index (χ1n) is 10.3. The molecule has 0 saturated heterocycles. The number of amides is 2. The highest BCUT2D eigenvalue weighted by Crippen LogP contribution is 2.47. The zero-order valence-corrected chi connectivity index (χ0v) is 18.1. The molecule has 3 aromatic carbocycles. The van der Waals surface area contributed by atoms with Gasteiger partial charge in [0.15, 0.2) is 5.82 Å². The molecule has 1 unspecified atom stereocenters. The fourth-order valence-corrected chi connectivity index (χ4v) is 4.26. The van der Waals surface area contributed by atoms with E-state index in [0.717, 1.165) is 15.9 Å². The number of nitrogens with one attached hydrogen (secondary N) is 1. The lowest BCUT2D eigenvalue weighted by Crippen LogP contribution is -2.46. The number of halogens is 2. The van der Waals surface area contributed by atoms with Crippen molar-refractivity contribution in [1.82, 2.24) is 9.97 Å². The van der Waals surface area contributed by atoms with Gasteiger partial charge >= 0.3 is 6.09 Å². The van der Waals surface area contributed by atoms with Crippen LogP contribution in [0.1, 0.15) is 27.0 Å². The number of carboxylic acid groups (broad SMARTS) is 1. The van der Waals surface area contributed by atoms with E-state index in [1.807, 2.05) is 0 Å². The third kappa shape index (κ3) is 3.06. The maximum atomic E-state index is 15.3. The lowest BCUT2D eigenvalue weighted by Gasteiger charge is -2.35. The van der Waals surface area contributed by atoms with Crippen molar-refractivity contribution in [2.24, 2.45) is 0 Å². The average Bonchev–Trinajstić information content (AvgIpc) is 3.36. The molecular formula is C25H16F2N4O4. The summed E-state index contributed by atoms with van der Waals surface area (Å²) in [5, 5.41) is 21.3. The standard InChI is InChI=1S/C25H16F2N4O4/c1-3-13-6-4-9-19(21(13)27)31-22(32)15-7-5-8-16(26)20(15)25(31,35)14-10-11-17-18(12-14)29-23(28-17)30(2)24(33)34/h1,4-12,35H,2H3,(H,28,29)(H,33,34). The zero-order valence-electron chi connectivity index (χ0n) is 18.1. The quantitative estimate of drug-likeness (QED) is 0.392. The van der Waals surface area contributed by atoms with Crippen LogP contribution in [-0.4, -0.2) is 39.2 Å². The molecule has 4 aromatic rings. The number of fused-ring (bicyclic) bond motifs is 2. The van der Waals surface area contributed by atoms with Crippen LogP contribution in [0.25, 0.3) is 11.0 Å². The minimum atomic E-state index is -2.46. The Morgan fingerprint density at radius 3 is 2.66 bits per heavy atom. The van der Waals surface area contributed by atoms with Crippen LogP contribution in [0.5, 0.6) is 0 Å². The van der Waals surface area contributed by atoms with Gasteiger partial charge in [-0.1, -0.05) is 24.1 Å². The number of carbonyl (C=O) groups excluding carboxylic acids is 1. The summed E-state index contributed by atoms with van der Waals surface area (Å²) in [6.07, 6.45) is 4.12. The number of imidazole rings is 1. The summed E-state index contributed by atoms with van der Waals surface area (Å²) < 4.78 is 30.4. The van der Waals surface area contributed by atoms with Crippen molar-refractivity contribution in [1.29, 1.82) is 0 Å². The summed E-state index contributed by atoms with van der Waals surface area (Å²) in [4.78, 5) is 33.4. The van der Waals surface area contributed by atoms with Gasteiger partial charge in [0.05, 0.1) is 33.4 Å². The van der Waals surface area contributed by atoms with E-state index >= 15 is 8.78 Å². The first-order chi connectivity index (χ1) is 16.7. The van der Waals surface area contributed by atoms with Crippen LogP contribution in [0.15, 0.2) is 54.6 Å². The summed E-state index contributed by atoms with van der Waals surface area (Å²) in [6.45, 7) is 0. The Kier molecular flexibility index (Phi) is 4.82. The van der Waals surface area contributed by atoms with E-state index in [9.17, 15) is 19.8 Å². The van der Waals surface area contributed by atoms with Crippen molar-refractivity contribution in [3.8, 4) is 12.3 Å². The van der Waals surface area contributed by atoms with Gasteiger partial charge in [0.1, 0.15) is 5.82 Å². The number of aromatic amines is 1. The van der Waals surface area contributed by atoms with E-state index in [1.54, 1.807) is 0 Å². The van der Waals surface area contributed by atoms with Gasteiger partial charge in [0.25, 0.3) is 5.91 Å². The number of aromatic nitrogens is 2. The third-order valence-electron chi connectivity index (χ3n) is 5.97. The van der Waals surface area contributed by atoms with Gasteiger partial charge < -0.3 is 15.2 Å². The monoisotopic (exact) mass is 474 g/mol. The molecule has 5 rings (SSSR count). The summed E-state index contributed by atoms with van der Waals surface area (Å²) in [5.74, 6) is -0.438. The van der Waals surface area contributed by atoms with Crippen LogP contribution in [0.3, 0.4) is 0 Å². The summed E-state index contributed by atoms with van der Waals surface area (Å²) in [7, 11) is 1.29. The molecule has 10 heteroatoms. The molecule has 3 N–H and O–H groups in total. The Hall–Kier alpha value is -4.75. The smallest absolute Gasteiger partial charge is 0.413 e. The summed E-state index contributed by atoms with van der Waals surface area (Å²) in [5.41, 5.74) is -2.78. The van der Waals surface area contributed by atoms with Crippen LogP contribution in [0, 0.1) is 24.0 Å². The van der Waals surface area contributed by atoms with Crippen molar-refractivity contribution < 1.29 is 28.6 Å². The number of aliphatic hydroxyl groups is 1. The molecule has 0 bridgehead atoms. The fourth-order valence-electron chi connectivity index (χ4n) is 4.26. The lowest BCUT2D eigenvalue weighted by atomic mass is 9.92. The largest absolute Gasteiger partial charge is 0.465 e. The van der Waals surface area contributed by atoms with E-state index in [1.165, 1.54) is 55.6 Å². The number of benzene rings is 3. The molecule has 0 aliphatic carbocycles. The molecule has 0 spiro atoms. The van der Waals surface area contributed by atoms with Gasteiger partial charge in [-0.2, -0.15) is 0 Å². The Morgan fingerprint density at radius 1 is 1.20 bits per heavy atom. The molecule has 2 amide bonds. The van der Waals surface area contributed by atoms with Crippen molar-refractivity contribution >= 4 is 34.7 Å². The van der Waals surface area contributed by atoms with E-state index in [4.69, 9.17) is 6.42 Å². The highest BCUT2D eigenvalue weighted by molar-refractivity contribution is 6.12. The fraction of sp³-hybridized carbons (Fsp3) is 0.0800. The minimum absolute atomic E-state index is 0.00346. The predicted octanol–water partition coefficient (Wildman–Crippen LogP) is 3.79. The SMILES string of the molecule is C#Cc1cccc(N2C(=O)c3cccc(F)c3C2(O)c2ccc3[nH]c(N(C)C(=O)O)nc3c2)c1F. The maximum Gasteiger partial charge on any atom is 0.413 e. The van der Waals surface area contributed by atoms with Gasteiger partial charge in [-0.3, -0.25) is 14.6 Å². The highest BCUT2D eigenvalue weighted by Gasteiger charge is 2.53. The van der Waals surface area contributed by atoms with Gasteiger partial charge in [-0.15, -0.1) is 6.42 Å². The molecule has 1 aromatic heterocycles. The minimum Gasteiger partial charge on any atom is -0.465 e. The first-order valence-corrected chi connectivity index (χ1v) is 10.3. The Bertz CT molecular complexity index is 1590. The lowest BCUT2D eigenvalue weighted by molar-refractivity contribution is 0.0681. The number of anilines is 2. The molecular weight excluding hydrogens is 458 g/mol. The van der Waals surface area contributed by atoms with Crippen molar-refractivity contribution in [3.63, 3.8) is 0 Å². The second-order valence-corrected chi connectivity index (χ2v) is 7.89. The molecule has 0 fully saturated rings. The number of H-pyrrole nitrogens is 1.